The van der Waals surface area contributed by atoms with Gasteiger partial charge in [0, 0.05) is 33.4 Å². The van der Waals surface area contributed by atoms with Crippen molar-refractivity contribution < 1.29 is 13.2 Å². The summed E-state index contributed by atoms with van der Waals surface area (Å²) in [5, 5.41) is 3.40. The van der Waals surface area contributed by atoms with Crippen LogP contribution in [-0.2, 0) is 21.3 Å². The third-order valence-corrected chi connectivity index (χ3v) is 7.78. The molecule has 2 heterocycles. The molecule has 2 unspecified atom stereocenters. The number of nitrogens with zero attached hydrogens (tertiary/aromatic N) is 3. The monoisotopic (exact) mass is 432 g/mol. The highest BCUT2D eigenvalue weighted by Crippen LogP contribution is 2.34. The molecule has 164 valence electrons. The lowest BCUT2D eigenvalue weighted by Gasteiger charge is -2.27. The molecule has 0 radical (unpaired) electrons. The fraction of sp³-hybridized carbons (Fsp3) is 0.500. The molecule has 7 nitrogen and oxygen atoms in total. The molecule has 0 saturated heterocycles. The molecule has 3 rings (SSSR count). The number of methoxy groups -OCH3 is 1. The molecule has 0 amide bonds. The number of nitrogens with one attached hydrogen (secondary N) is 1. The van der Waals surface area contributed by atoms with Gasteiger partial charge in [-0.2, -0.15) is 4.31 Å². The van der Waals surface area contributed by atoms with Crippen LogP contribution in [0, 0.1) is 5.92 Å². The third-order valence-electron chi connectivity index (χ3n) is 5.94. The fourth-order valence-corrected chi connectivity index (χ4v) is 4.91. The van der Waals surface area contributed by atoms with E-state index in [4.69, 9.17) is 4.74 Å². The molecule has 0 fully saturated rings. The molecule has 30 heavy (non-hydrogen) atoms. The van der Waals surface area contributed by atoms with Gasteiger partial charge < -0.3 is 15.0 Å². The lowest BCUT2D eigenvalue weighted by molar-refractivity contribution is 0.0459. The number of ether oxygens (including phenoxy) is 1. The van der Waals surface area contributed by atoms with E-state index in [0.29, 0.717) is 18.0 Å². The van der Waals surface area contributed by atoms with Gasteiger partial charge in [0.05, 0.1) is 34.7 Å². The lowest BCUT2D eigenvalue weighted by Crippen LogP contribution is -2.38. The van der Waals surface area contributed by atoms with E-state index in [1.54, 1.807) is 32.5 Å². The molecule has 0 saturated carbocycles. The molecule has 1 aliphatic rings. The van der Waals surface area contributed by atoms with Crippen molar-refractivity contribution in [2.45, 2.75) is 50.9 Å². The Hall–Kier alpha value is -2.16. The van der Waals surface area contributed by atoms with E-state index in [1.807, 2.05) is 24.4 Å². The number of pyridine rings is 1. The zero-order valence-corrected chi connectivity index (χ0v) is 19.2. The first-order valence-corrected chi connectivity index (χ1v) is 11.8. The van der Waals surface area contributed by atoms with Gasteiger partial charge in [-0.05, 0) is 36.6 Å². The Morgan fingerprint density at radius 1 is 1.27 bits per heavy atom. The van der Waals surface area contributed by atoms with Crippen molar-refractivity contribution in [2.75, 3.05) is 30.9 Å². The Morgan fingerprint density at radius 2 is 1.97 bits per heavy atom. The first-order valence-electron chi connectivity index (χ1n) is 10.3. The van der Waals surface area contributed by atoms with Gasteiger partial charge in [-0.3, -0.25) is 4.98 Å². The van der Waals surface area contributed by atoms with Crippen LogP contribution in [0.4, 0.5) is 11.4 Å². The Kier molecular flexibility index (Phi) is 7.00. The largest absolute Gasteiger partial charge is 0.380 e. The van der Waals surface area contributed by atoms with Crippen LogP contribution in [0.15, 0.2) is 47.6 Å². The summed E-state index contributed by atoms with van der Waals surface area (Å²) >= 11 is 0. The van der Waals surface area contributed by atoms with E-state index in [9.17, 15) is 8.42 Å². The van der Waals surface area contributed by atoms with Crippen LogP contribution in [0.2, 0.25) is 0 Å². The van der Waals surface area contributed by atoms with Crippen LogP contribution in [0.3, 0.4) is 0 Å². The summed E-state index contributed by atoms with van der Waals surface area (Å²) in [7, 11) is -0.325. The maximum atomic E-state index is 13.0. The van der Waals surface area contributed by atoms with Crippen molar-refractivity contribution in [1.29, 1.82) is 0 Å². The van der Waals surface area contributed by atoms with Crippen molar-refractivity contribution in [3.05, 3.63) is 48.3 Å². The molecule has 8 heteroatoms. The molecule has 3 atom stereocenters. The highest BCUT2D eigenvalue weighted by molar-refractivity contribution is 7.89. The quantitative estimate of drug-likeness (QED) is 0.653. The average molecular weight is 433 g/mol. The Labute approximate surface area is 180 Å². The van der Waals surface area contributed by atoms with E-state index in [1.165, 1.54) is 4.31 Å². The van der Waals surface area contributed by atoms with Crippen LogP contribution in [0.25, 0.3) is 0 Å². The molecule has 1 aromatic heterocycles. The van der Waals surface area contributed by atoms with Crippen molar-refractivity contribution >= 4 is 21.4 Å². The van der Waals surface area contributed by atoms with Crippen LogP contribution < -0.4 is 10.2 Å². The molecule has 0 spiro atoms. The van der Waals surface area contributed by atoms with Crippen LogP contribution in [0.5, 0.6) is 0 Å². The fourth-order valence-electron chi connectivity index (χ4n) is 3.73. The molecule has 1 aromatic carbocycles. The van der Waals surface area contributed by atoms with E-state index in [0.717, 1.165) is 23.4 Å². The van der Waals surface area contributed by atoms with Gasteiger partial charge in [0.2, 0.25) is 10.0 Å². The maximum absolute atomic E-state index is 13.0. The number of anilines is 2. The minimum atomic E-state index is -3.57. The van der Waals surface area contributed by atoms with Crippen molar-refractivity contribution in [3.63, 3.8) is 0 Å². The van der Waals surface area contributed by atoms with E-state index in [-0.39, 0.29) is 18.2 Å². The SMILES string of the molecule is CCC(C)[C@H](CN(C)S(=O)(=O)c1ccc(CN2c3ccncc3NC2C)cc1)OC. The van der Waals surface area contributed by atoms with Gasteiger partial charge in [-0.1, -0.05) is 32.4 Å². The van der Waals surface area contributed by atoms with Crippen molar-refractivity contribution in [2.24, 2.45) is 5.92 Å². The summed E-state index contributed by atoms with van der Waals surface area (Å²) in [6.07, 6.45) is 4.55. The summed E-state index contributed by atoms with van der Waals surface area (Å²) in [6.45, 7) is 7.26. The second-order valence-electron chi connectivity index (χ2n) is 7.93. The number of rotatable bonds is 9. The Bertz CT molecular complexity index is 949. The van der Waals surface area contributed by atoms with Crippen molar-refractivity contribution in [1.82, 2.24) is 9.29 Å². The molecule has 2 aromatic rings. The number of hydrogen-bond donors (Lipinski definition) is 1. The van der Waals surface area contributed by atoms with Gasteiger partial charge in [-0.25, -0.2) is 8.42 Å². The average Bonchev–Trinajstić information content (AvgIpc) is 3.06. The van der Waals surface area contributed by atoms with Gasteiger partial charge in [0.25, 0.3) is 0 Å². The van der Waals surface area contributed by atoms with Gasteiger partial charge in [0.15, 0.2) is 0 Å². The number of aromatic nitrogens is 1. The topological polar surface area (TPSA) is 74.8 Å². The zero-order valence-electron chi connectivity index (χ0n) is 18.4. The predicted octanol–water partition coefficient (Wildman–Crippen LogP) is 3.54. The predicted molar refractivity (Wildman–Crippen MR) is 120 cm³/mol. The van der Waals surface area contributed by atoms with Crippen LogP contribution >= 0.6 is 0 Å². The number of likely N-dealkylation sites (N-methyl/N-ethyl adjacent to an activating group) is 1. The summed E-state index contributed by atoms with van der Waals surface area (Å²) in [4.78, 5) is 6.69. The first kappa shape index (κ1) is 22.5. The maximum Gasteiger partial charge on any atom is 0.242 e. The minimum Gasteiger partial charge on any atom is -0.380 e. The number of hydrogen-bond acceptors (Lipinski definition) is 6. The molecule has 1 N–H and O–H groups in total. The standard InChI is InChI=1S/C22H32N4O3S/c1-6-16(2)22(29-5)15-25(4)30(27,28)19-9-7-18(8-10-19)14-26-17(3)24-20-13-23-12-11-21(20)26/h7-13,16-17,22,24H,6,14-15H2,1-5H3/t16?,17?,22-/m0/s1. The molecular weight excluding hydrogens is 400 g/mol. The van der Waals surface area contributed by atoms with Crippen LogP contribution in [0.1, 0.15) is 32.8 Å². The van der Waals surface area contributed by atoms with Gasteiger partial charge >= 0.3 is 0 Å². The molecule has 0 bridgehead atoms. The Morgan fingerprint density at radius 3 is 2.60 bits per heavy atom. The third kappa shape index (κ3) is 4.61. The summed E-state index contributed by atoms with van der Waals surface area (Å²) in [5.74, 6) is 0.282. The van der Waals surface area contributed by atoms with Crippen molar-refractivity contribution in [3.8, 4) is 0 Å². The second-order valence-corrected chi connectivity index (χ2v) is 9.98. The number of fused-ring (bicyclic) bond motifs is 1. The number of benzene rings is 1. The summed E-state index contributed by atoms with van der Waals surface area (Å²) in [6, 6.07) is 9.13. The first-order chi connectivity index (χ1) is 14.3. The number of sulfonamides is 1. The van der Waals surface area contributed by atoms with Gasteiger partial charge in [0.1, 0.15) is 0 Å². The Balaban J connectivity index is 1.72. The smallest absolute Gasteiger partial charge is 0.242 e. The highest BCUT2D eigenvalue weighted by Gasteiger charge is 2.27. The normalized spacial score (nSPS) is 18.2. The highest BCUT2D eigenvalue weighted by atomic mass is 32.2. The molecular formula is C22H32N4O3S. The van der Waals surface area contributed by atoms with E-state index >= 15 is 0 Å². The van der Waals surface area contributed by atoms with E-state index in [2.05, 4.69) is 36.0 Å². The minimum absolute atomic E-state index is 0.132. The summed E-state index contributed by atoms with van der Waals surface area (Å²) in [5.41, 5.74) is 3.16. The zero-order chi connectivity index (χ0) is 21.9. The second kappa shape index (κ2) is 9.32. The lowest BCUT2D eigenvalue weighted by atomic mass is 10.0. The van der Waals surface area contributed by atoms with E-state index < -0.39 is 10.0 Å². The molecule has 0 aliphatic carbocycles. The molecule has 1 aliphatic heterocycles. The summed E-state index contributed by atoms with van der Waals surface area (Å²) < 4.78 is 32.9. The van der Waals surface area contributed by atoms with Crippen LogP contribution in [-0.4, -0.2) is 50.7 Å². The van der Waals surface area contributed by atoms with Gasteiger partial charge in [-0.15, -0.1) is 0 Å².